The number of ether oxygens (including phenoxy) is 2. The van der Waals surface area contributed by atoms with Crippen LogP contribution >= 0.6 is 0 Å². The third-order valence-electron chi connectivity index (χ3n) is 4.99. The smallest absolute Gasteiger partial charge is 0.335 e. The molecule has 0 amide bonds. The van der Waals surface area contributed by atoms with Gasteiger partial charge in [-0.15, -0.1) is 0 Å². The average molecular weight is 378 g/mol. The van der Waals surface area contributed by atoms with Gasteiger partial charge in [0.1, 0.15) is 5.75 Å². The standard InChI is InChI=1S/C24H26O4/c1-3-13-27-17-24(2)12-5-14-28-22-16-19(10-11-21(22)24)9-8-18-6-4-7-20(15-18)23(25)26/h4,6-7,10-11,15-16H,3,5,12-14,17H2,1-2H3,(H,25,26). The maximum Gasteiger partial charge on any atom is 0.335 e. The zero-order valence-electron chi connectivity index (χ0n) is 16.5. The summed E-state index contributed by atoms with van der Waals surface area (Å²) in [5.41, 5.74) is 2.86. The molecule has 28 heavy (non-hydrogen) atoms. The van der Waals surface area contributed by atoms with E-state index >= 15 is 0 Å². The third-order valence-corrected chi connectivity index (χ3v) is 4.99. The van der Waals surface area contributed by atoms with Gasteiger partial charge in [-0.05, 0) is 49.6 Å². The number of aromatic carboxylic acids is 1. The molecule has 1 N–H and O–H groups in total. The molecule has 1 heterocycles. The molecule has 2 aromatic rings. The first kappa shape index (κ1) is 20.0. The van der Waals surface area contributed by atoms with Gasteiger partial charge in [-0.2, -0.15) is 0 Å². The van der Waals surface area contributed by atoms with Crippen molar-refractivity contribution < 1.29 is 19.4 Å². The Hall–Kier alpha value is -2.77. The van der Waals surface area contributed by atoms with Crippen LogP contribution in [0.3, 0.4) is 0 Å². The molecule has 0 bridgehead atoms. The lowest BCUT2D eigenvalue weighted by atomic mass is 9.79. The van der Waals surface area contributed by atoms with Crippen LogP contribution in [0.2, 0.25) is 0 Å². The van der Waals surface area contributed by atoms with Crippen LogP contribution in [-0.4, -0.2) is 30.9 Å². The van der Waals surface area contributed by atoms with Crippen molar-refractivity contribution in [2.75, 3.05) is 19.8 Å². The molecule has 0 aromatic heterocycles. The Morgan fingerprint density at radius 3 is 2.75 bits per heavy atom. The summed E-state index contributed by atoms with van der Waals surface area (Å²) in [5, 5.41) is 9.11. The minimum Gasteiger partial charge on any atom is -0.493 e. The molecule has 0 saturated carbocycles. The summed E-state index contributed by atoms with van der Waals surface area (Å²) < 4.78 is 11.9. The topological polar surface area (TPSA) is 55.8 Å². The summed E-state index contributed by atoms with van der Waals surface area (Å²) in [6, 6.07) is 12.7. The fraction of sp³-hybridized carbons (Fsp3) is 0.375. The van der Waals surface area contributed by atoms with Crippen molar-refractivity contribution in [3.8, 4) is 17.6 Å². The summed E-state index contributed by atoms with van der Waals surface area (Å²) in [4.78, 5) is 11.1. The van der Waals surface area contributed by atoms with E-state index in [-0.39, 0.29) is 11.0 Å². The van der Waals surface area contributed by atoms with E-state index in [1.807, 2.05) is 18.2 Å². The Balaban J connectivity index is 1.86. The second kappa shape index (κ2) is 8.95. The van der Waals surface area contributed by atoms with E-state index in [0.29, 0.717) is 18.8 Å². The highest BCUT2D eigenvalue weighted by atomic mass is 16.5. The summed E-state index contributed by atoms with van der Waals surface area (Å²) in [5.74, 6) is 6.09. The van der Waals surface area contributed by atoms with Crippen LogP contribution in [0.15, 0.2) is 42.5 Å². The molecular formula is C24H26O4. The van der Waals surface area contributed by atoms with Crippen LogP contribution in [0, 0.1) is 11.8 Å². The van der Waals surface area contributed by atoms with Crippen LogP contribution < -0.4 is 4.74 Å². The SMILES string of the molecule is CCCOCC1(C)CCCOc2cc(C#Cc3cccc(C(=O)O)c3)ccc21. The zero-order chi connectivity index (χ0) is 20.0. The molecule has 3 rings (SSSR count). The van der Waals surface area contributed by atoms with E-state index in [1.165, 1.54) is 5.56 Å². The first-order chi connectivity index (χ1) is 13.5. The minimum atomic E-state index is -0.952. The van der Waals surface area contributed by atoms with Gasteiger partial charge in [0.15, 0.2) is 0 Å². The van der Waals surface area contributed by atoms with Crippen LogP contribution in [0.1, 0.15) is 60.2 Å². The summed E-state index contributed by atoms with van der Waals surface area (Å²) in [7, 11) is 0. The van der Waals surface area contributed by atoms with Crippen molar-refractivity contribution in [3.05, 3.63) is 64.7 Å². The number of carbonyl (C=O) groups is 1. The molecular weight excluding hydrogens is 352 g/mol. The lowest BCUT2D eigenvalue weighted by Gasteiger charge is -2.29. The molecule has 0 spiro atoms. The fourth-order valence-electron chi connectivity index (χ4n) is 3.46. The first-order valence-corrected chi connectivity index (χ1v) is 9.72. The molecule has 0 radical (unpaired) electrons. The molecule has 0 aliphatic carbocycles. The van der Waals surface area contributed by atoms with Gasteiger partial charge >= 0.3 is 5.97 Å². The van der Waals surface area contributed by atoms with E-state index in [4.69, 9.17) is 14.6 Å². The van der Waals surface area contributed by atoms with E-state index in [1.54, 1.807) is 18.2 Å². The van der Waals surface area contributed by atoms with Crippen molar-refractivity contribution >= 4 is 5.97 Å². The molecule has 4 heteroatoms. The lowest BCUT2D eigenvalue weighted by Crippen LogP contribution is -2.28. The maximum absolute atomic E-state index is 11.1. The van der Waals surface area contributed by atoms with Crippen LogP contribution in [0.25, 0.3) is 0 Å². The molecule has 0 fully saturated rings. The van der Waals surface area contributed by atoms with Crippen LogP contribution in [-0.2, 0) is 10.2 Å². The Bertz CT molecular complexity index is 906. The van der Waals surface area contributed by atoms with E-state index in [9.17, 15) is 4.79 Å². The molecule has 2 aromatic carbocycles. The number of carboxylic acid groups (broad SMARTS) is 1. The van der Waals surface area contributed by atoms with Crippen molar-refractivity contribution in [1.82, 2.24) is 0 Å². The normalized spacial score (nSPS) is 18.2. The summed E-state index contributed by atoms with van der Waals surface area (Å²) in [6.45, 7) is 6.49. The third kappa shape index (κ3) is 4.74. The second-order valence-electron chi connectivity index (χ2n) is 7.41. The predicted octanol–water partition coefficient (Wildman–Crippen LogP) is 4.64. The highest BCUT2D eigenvalue weighted by Crippen LogP contribution is 2.39. The Morgan fingerprint density at radius 2 is 2.00 bits per heavy atom. The quantitative estimate of drug-likeness (QED) is 0.608. The Labute approximate surface area is 166 Å². The number of rotatable bonds is 5. The predicted molar refractivity (Wildman–Crippen MR) is 109 cm³/mol. The monoisotopic (exact) mass is 378 g/mol. The fourth-order valence-corrected chi connectivity index (χ4v) is 3.46. The zero-order valence-corrected chi connectivity index (χ0v) is 16.5. The molecule has 146 valence electrons. The van der Waals surface area contributed by atoms with Gasteiger partial charge < -0.3 is 14.6 Å². The van der Waals surface area contributed by atoms with Crippen molar-refractivity contribution in [1.29, 1.82) is 0 Å². The minimum absolute atomic E-state index is 0.0667. The Kier molecular flexibility index (Phi) is 6.38. The molecule has 1 aliphatic heterocycles. The molecule has 1 unspecified atom stereocenters. The number of hydrogen-bond donors (Lipinski definition) is 1. The van der Waals surface area contributed by atoms with Gasteiger partial charge in [0.05, 0.1) is 18.8 Å². The van der Waals surface area contributed by atoms with Gasteiger partial charge in [0, 0.05) is 28.7 Å². The number of fused-ring (bicyclic) bond motifs is 1. The lowest BCUT2D eigenvalue weighted by molar-refractivity contribution is 0.0697. The van der Waals surface area contributed by atoms with E-state index < -0.39 is 5.97 Å². The second-order valence-corrected chi connectivity index (χ2v) is 7.41. The largest absolute Gasteiger partial charge is 0.493 e. The van der Waals surface area contributed by atoms with Crippen LogP contribution in [0.5, 0.6) is 5.75 Å². The van der Waals surface area contributed by atoms with E-state index in [2.05, 4.69) is 31.8 Å². The maximum atomic E-state index is 11.1. The summed E-state index contributed by atoms with van der Waals surface area (Å²) in [6.07, 6.45) is 3.03. The Morgan fingerprint density at radius 1 is 1.21 bits per heavy atom. The number of hydrogen-bond acceptors (Lipinski definition) is 3. The van der Waals surface area contributed by atoms with E-state index in [0.717, 1.165) is 37.2 Å². The number of benzene rings is 2. The van der Waals surface area contributed by atoms with Gasteiger partial charge in [0.25, 0.3) is 0 Å². The van der Waals surface area contributed by atoms with Crippen molar-refractivity contribution in [3.63, 3.8) is 0 Å². The van der Waals surface area contributed by atoms with Gasteiger partial charge in [-0.1, -0.05) is 37.8 Å². The van der Waals surface area contributed by atoms with Crippen molar-refractivity contribution in [2.45, 2.75) is 38.5 Å². The molecule has 4 nitrogen and oxygen atoms in total. The average Bonchev–Trinajstić information content (AvgIpc) is 2.86. The van der Waals surface area contributed by atoms with Crippen molar-refractivity contribution in [2.24, 2.45) is 0 Å². The highest BCUT2D eigenvalue weighted by molar-refractivity contribution is 5.88. The molecule has 0 saturated heterocycles. The molecule has 1 aliphatic rings. The van der Waals surface area contributed by atoms with Gasteiger partial charge in [-0.25, -0.2) is 4.79 Å². The van der Waals surface area contributed by atoms with Gasteiger partial charge in [0.2, 0.25) is 0 Å². The summed E-state index contributed by atoms with van der Waals surface area (Å²) >= 11 is 0. The molecule has 1 atom stereocenters. The number of carboxylic acids is 1. The van der Waals surface area contributed by atoms with Crippen LogP contribution in [0.4, 0.5) is 0 Å². The highest BCUT2D eigenvalue weighted by Gasteiger charge is 2.32. The van der Waals surface area contributed by atoms with Gasteiger partial charge in [-0.3, -0.25) is 0 Å². The first-order valence-electron chi connectivity index (χ1n) is 9.72.